The molecule has 0 bridgehead atoms. The SMILES string of the molecule is CC(C)CCSCC(=O)NCc1nc(C(=O)O)cs1. The van der Waals surface area contributed by atoms with E-state index in [0.717, 1.165) is 12.2 Å². The second-order valence-electron chi connectivity index (χ2n) is 4.44. The van der Waals surface area contributed by atoms with Crippen molar-refractivity contribution in [2.24, 2.45) is 5.92 Å². The highest BCUT2D eigenvalue weighted by atomic mass is 32.2. The normalized spacial score (nSPS) is 10.7. The molecule has 106 valence electrons. The van der Waals surface area contributed by atoms with Crippen molar-refractivity contribution in [3.05, 3.63) is 16.1 Å². The molecule has 1 aromatic heterocycles. The van der Waals surface area contributed by atoms with Crippen LogP contribution in [0.15, 0.2) is 5.38 Å². The molecule has 0 aromatic carbocycles. The van der Waals surface area contributed by atoms with Crippen LogP contribution in [0.2, 0.25) is 0 Å². The number of nitrogens with zero attached hydrogens (tertiary/aromatic N) is 1. The van der Waals surface area contributed by atoms with Gasteiger partial charge in [0.05, 0.1) is 12.3 Å². The summed E-state index contributed by atoms with van der Waals surface area (Å²) in [7, 11) is 0. The number of nitrogens with one attached hydrogen (secondary N) is 1. The summed E-state index contributed by atoms with van der Waals surface area (Å²) in [6, 6.07) is 0. The van der Waals surface area contributed by atoms with Crippen LogP contribution in [0, 0.1) is 5.92 Å². The molecule has 0 aliphatic carbocycles. The van der Waals surface area contributed by atoms with Crippen LogP contribution in [0.3, 0.4) is 0 Å². The zero-order chi connectivity index (χ0) is 14.3. The maximum absolute atomic E-state index is 11.5. The summed E-state index contributed by atoms with van der Waals surface area (Å²) in [5, 5.41) is 13.5. The van der Waals surface area contributed by atoms with E-state index in [0.29, 0.717) is 23.2 Å². The molecule has 0 fully saturated rings. The lowest BCUT2D eigenvalue weighted by Gasteiger charge is -2.05. The molecule has 1 heterocycles. The first-order valence-corrected chi connectivity index (χ1v) is 8.04. The van der Waals surface area contributed by atoms with Crippen LogP contribution in [0.1, 0.15) is 35.8 Å². The largest absolute Gasteiger partial charge is 0.476 e. The van der Waals surface area contributed by atoms with E-state index in [1.165, 1.54) is 16.7 Å². The maximum Gasteiger partial charge on any atom is 0.355 e. The summed E-state index contributed by atoms with van der Waals surface area (Å²) in [6.07, 6.45) is 1.10. The fraction of sp³-hybridized carbons (Fsp3) is 0.583. The minimum absolute atomic E-state index is 0.0283. The van der Waals surface area contributed by atoms with Crippen LogP contribution in [0.5, 0.6) is 0 Å². The molecule has 1 rings (SSSR count). The summed E-state index contributed by atoms with van der Waals surface area (Å²) in [5.74, 6) is 0.981. The van der Waals surface area contributed by atoms with Crippen LogP contribution in [0.4, 0.5) is 0 Å². The van der Waals surface area contributed by atoms with E-state index in [9.17, 15) is 9.59 Å². The van der Waals surface area contributed by atoms with Crippen LogP contribution in [-0.2, 0) is 11.3 Å². The highest BCUT2D eigenvalue weighted by Gasteiger charge is 2.09. The molecule has 1 amide bonds. The van der Waals surface area contributed by atoms with Gasteiger partial charge in [-0.1, -0.05) is 13.8 Å². The number of thiazole rings is 1. The lowest BCUT2D eigenvalue weighted by molar-refractivity contribution is -0.118. The third kappa shape index (κ3) is 6.58. The van der Waals surface area contributed by atoms with E-state index < -0.39 is 5.97 Å². The van der Waals surface area contributed by atoms with Gasteiger partial charge >= 0.3 is 5.97 Å². The van der Waals surface area contributed by atoms with Crippen molar-refractivity contribution < 1.29 is 14.7 Å². The first-order chi connectivity index (χ1) is 8.99. The molecule has 2 N–H and O–H groups in total. The number of amides is 1. The van der Waals surface area contributed by atoms with Crippen molar-refractivity contribution in [2.45, 2.75) is 26.8 Å². The van der Waals surface area contributed by atoms with Gasteiger partial charge in [0.1, 0.15) is 5.01 Å². The lowest BCUT2D eigenvalue weighted by Crippen LogP contribution is -2.24. The van der Waals surface area contributed by atoms with Crippen molar-refractivity contribution in [1.29, 1.82) is 0 Å². The van der Waals surface area contributed by atoms with Gasteiger partial charge in [-0.3, -0.25) is 4.79 Å². The number of carbonyl (C=O) groups is 2. The van der Waals surface area contributed by atoms with Crippen molar-refractivity contribution in [3.8, 4) is 0 Å². The van der Waals surface area contributed by atoms with E-state index in [2.05, 4.69) is 24.1 Å². The Bertz CT molecular complexity index is 432. The number of hydrogen-bond acceptors (Lipinski definition) is 5. The van der Waals surface area contributed by atoms with E-state index in [1.807, 2.05) is 0 Å². The summed E-state index contributed by atoms with van der Waals surface area (Å²) in [5.41, 5.74) is 0.0283. The van der Waals surface area contributed by atoms with E-state index in [-0.39, 0.29) is 11.6 Å². The monoisotopic (exact) mass is 302 g/mol. The number of thioether (sulfide) groups is 1. The Hall–Kier alpha value is -1.08. The Morgan fingerprint density at radius 1 is 1.53 bits per heavy atom. The third-order valence-electron chi connectivity index (χ3n) is 2.28. The average Bonchev–Trinajstić information content (AvgIpc) is 2.81. The summed E-state index contributed by atoms with van der Waals surface area (Å²) >= 11 is 2.85. The standard InChI is InChI=1S/C12H18N2O3S2/c1-8(2)3-4-18-7-10(15)13-5-11-14-9(6-19-11)12(16)17/h6,8H,3-5,7H2,1-2H3,(H,13,15)(H,16,17). The van der Waals surface area contributed by atoms with Crippen LogP contribution < -0.4 is 5.32 Å². The topological polar surface area (TPSA) is 79.3 Å². The quantitative estimate of drug-likeness (QED) is 0.720. The van der Waals surface area contributed by atoms with Gasteiger partial charge in [-0.2, -0.15) is 11.8 Å². The van der Waals surface area contributed by atoms with Crippen molar-refractivity contribution in [1.82, 2.24) is 10.3 Å². The van der Waals surface area contributed by atoms with Gasteiger partial charge in [-0.25, -0.2) is 9.78 Å². The van der Waals surface area contributed by atoms with E-state index in [4.69, 9.17) is 5.11 Å². The first kappa shape index (κ1) is 16.0. The van der Waals surface area contributed by atoms with Gasteiger partial charge in [0, 0.05) is 5.38 Å². The Kier molecular flexibility index (Phi) is 6.86. The number of hydrogen-bond donors (Lipinski definition) is 2. The predicted molar refractivity (Wildman–Crippen MR) is 77.7 cm³/mol. The molecule has 0 radical (unpaired) electrons. The summed E-state index contributed by atoms with van der Waals surface area (Å²) in [4.78, 5) is 26.1. The van der Waals surface area contributed by atoms with E-state index in [1.54, 1.807) is 11.8 Å². The van der Waals surface area contributed by atoms with Crippen LogP contribution in [-0.4, -0.2) is 33.5 Å². The molecule has 0 aliphatic rings. The smallest absolute Gasteiger partial charge is 0.355 e. The molecule has 19 heavy (non-hydrogen) atoms. The molecule has 0 saturated carbocycles. The number of aromatic nitrogens is 1. The first-order valence-electron chi connectivity index (χ1n) is 6.01. The maximum atomic E-state index is 11.5. The van der Waals surface area contributed by atoms with Gasteiger partial charge in [0.15, 0.2) is 5.69 Å². The number of aromatic carboxylic acids is 1. The van der Waals surface area contributed by atoms with Crippen molar-refractivity contribution in [3.63, 3.8) is 0 Å². The van der Waals surface area contributed by atoms with Crippen LogP contribution >= 0.6 is 23.1 Å². The van der Waals surface area contributed by atoms with Gasteiger partial charge in [-0.05, 0) is 18.1 Å². The van der Waals surface area contributed by atoms with Gasteiger partial charge in [0.2, 0.25) is 5.91 Å². The molecule has 0 unspecified atom stereocenters. The number of carbonyl (C=O) groups excluding carboxylic acids is 1. The fourth-order valence-electron chi connectivity index (χ4n) is 1.20. The Balaban J connectivity index is 2.20. The number of carboxylic acids is 1. The second kappa shape index (κ2) is 8.16. The molecule has 5 nitrogen and oxygen atoms in total. The fourth-order valence-corrected chi connectivity index (χ4v) is 2.98. The highest BCUT2D eigenvalue weighted by Crippen LogP contribution is 2.10. The molecule has 0 atom stereocenters. The number of rotatable bonds is 8. The highest BCUT2D eigenvalue weighted by molar-refractivity contribution is 7.99. The Morgan fingerprint density at radius 3 is 2.84 bits per heavy atom. The Labute approximate surface area is 120 Å². The number of carboxylic acid groups (broad SMARTS) is 1. The third-order valence-corrected chi connectivity index (χ3v) is 4.12. The summed E-state index contributed by atoms with van der Waals surface area (Å²) in [6.45, 7) is 4.60. The molecule has 0 saturated heterocycles. The van der Waals surface area contributed by atoms with Gasteiger partial charge in [-0.15, -0.1) is 11.3 Å². The predicted octanol–water partition coefficient (Wildman–Crippen LogP) is 2.24. The minimum Gasteiger partial charge on any atom is -0.476 e. The van der Waals surface area contributed by atoms with Crippen LogP contribution in [0.25, 0.3) is 0 Å². The molecule has 1 aromatic rings. The molecular formula is C12H18N2O3S2. The zero-order valence-corrected chi connectivity index (χ0v) is 12.6. The van der Waals surface area contributed by atoms with Gasteiger partial charge < -0.3 is 10.4 Å². The molecular weight excluding hydrogens is 284 g/mol. The minimum atomic E-state index is -1.04. The molecule has 0 aliphatic heterocycles. The zero-order valence-electron chi connectivity index (χ0n) is 11.0. The van der Waals surface area contributed by atoms with E-state index >= 15 is 0 Å². The lowest BCUT2D eigenvalue weighted by atomic mass is 10.2. The second-order valence-corrected chi connectivity index (χ2v) is 6.49. The Morgan fingerprint density at radius 2 is 2.26 bits per heavy atom. The van der Waals surface area contributed by atoms with Gasteiger partial charge in [0.25, 0.3) is 0 Å². The van der Waals surface area contributed by atoms with Crippen molar-refractivity contribution in [2.75, 3.05) is 11.5 Å². The molecule has 0 spiro atoms. The van der Waals surface area contributed by atoms with Crippen molar-refractivity contribution >= 4 is 35.0 Å². The molecule has 7 heteroatoms. The average molecular weight is 302 g/mol. The summed E-state index contributed by atoms with van der Waals surface area (Å²) < 4.78 is 0.